The van der Waals surface area contributed by atoms with E-state index >= 15 is 0 Å². The van der Waals surface area contributed by atoms with E-state index in [1.165, 1.54) is 27.6 Å². The molecular weight excluding hydrogens is 256 g/mol. The van der Waals surface area contributed by atoms with Gasteiger partial charge in [-0.2, -0.15) is 0 Å². The van der Waals surface area contributed by atoms with E-state index in [2.05, 4.69) is 71.5 Å². The molecule has 1 unspecified atom stereocenters. The molecule has 1 aromatic heterocycles. The van der Waals surface area contributed by atoms with Gasteiger partial charge < -0.3 is 9.88 Å². The van der Waals surface area contributed by atoms with Crippen molar-refractivity contribution in [1.82, 2.24) is 9.88 Å². The number of benzene rings is 2. The molecule has 0 bridgehead atoms. The Hall–Kier alpha value is -2.06. The Morgan fingerprint density at radius 1 is 1.10 bits per heavy atom. The van der Waals surface area contributed by atoms with Crippen LogP contribution in [0.1, 0.15) is 29.8 Å². The molecule has 2 nitrogen and oxygen atoms in total. The van der Waals surface area contributed by atoms with Gasteiger partial charge in [0.1, 0.15) is 0 Å². The maximum absolute atomic E-state index is 3.67. The highest BCUT2D eigenvalue weighted by Gasteiger charge is 2.22. The molecule has 106 valence electrons. The van der Waals surface area contributed by atoms with E-state index in [1.807, 2.05) is 0 Å². The van der Waals surface area contributed by atoms with Gasteiger partial charge in [-0.05, 0) is 40.5 Å². The second kappa shape index (κ2) is 5.05. The van der Waals surface area contributed by atoms with Crippen molar-refractivity contribution in [2.24, 2.45) is 0 Å². The summed E-state index contributed by atoms with van der Waals surface area (Å²) in [5, 5.41) is 6.30. The number of rotatable bonds is 2. The van der Waals surface area contributed by atoms with Gasteiger partial charge in [-0.1, -0.05) is 43.3 Å². The fourth-order valence-electron chi connectivity index (χ4n) is 3.33. The predicted octanol–water partition coefficient (Wildman–Crippen LogP) is 3.90. The number of aromatic nitrogens is 1. The fourth-order valence-corrected chi connectivity index (χ4v) is 3.33. The van der Waals surface area contributed by atoms with Crippen LogP contribution in [0, 0.1) is 0 Å². The number of aryl methyl sites for hydroxylation is 1. The Balaban J connectivity index is 1.80. The number of nitrogens with zero attached hydrogens (tertiary/aromatic N) is 1. The number of hydrogen-bond donors (Lipinski definition) is 1. The van der Waals surface area contributed by atoms with Crippen molar-refractivity contribution in [2.75, 3.05) is 6.54 Å². The molecule has 3 aromatic rings. The van der Waals surface area contributed by atoms with Crippen molar-refractivity contribution in [3.8, 4) is 0 Å². The minimum Gasteiger partial charge on any atom is -0.348 e. The molecule has 1 N–H and O–H groups in total. The van der Waals surface area contributed by atoms with E-state index in [0.29, 0.717) is 6.04 Å². The smallest absolute Gasteiger partial charge is 0.0732 e. The van der Waals surface area contributed by atoms with E-state index in [0.717, 1.165) is 19.5 Å². The van der Waals surface area contributed by atoms with Crippen molar-refractivity contribution in [3.63, 3.8) is 0 Å². The van der Waals surface area contributed by atoms with E-state index < -0.39 is 0 Å². The van der Waals surface area contributed by atoms with Crippen molar-refractivity contribution in [1.29, 1.82) is 0 Å². The molecule has 2 heterocycles. The molecule has 0 fully saturated rings. The van der Waals surface area contributed by atoms with Crippen LogP contribution >= 0.6 is 0 Å². The van der Waals surface area contributed by atoms with Crippen LogP contribution in [-0.2, 0) is 13.0 Å². The average Bonchev–Trinajstić information content (AvgIpc) is 2.97. The zero-order chi connectivity index (χ0) is 14.2. The molecule has 0 amide bonds. The van der Waals surface area contributed by atoms with Crippen LogP contribution in [0.15, 0.2) is 54.7 Å². The molecular formula is C19H20N2. The molecule has 21 heavy (non-hydrogen) atoms. The van der Waals surface area contributed by atoms with Crippen LogP contribution in [0.25, 0.3) is 10.8 Å². The first kappa shape index (κ1) is 12.7. The molecule has 1 aliphatic rings. The number of hydrogen-bond acceptors (Lipinski definition) is 1. The highest BCUT2D eigenvalue weighted by atomic mass is 15.1. The summed E-state index contributed by atoms with van der Waals surface area (Å²) in [5.41, 5.74) is 4.18. The molecule has 4 rings (SSSR count). The summed E-state index contributed by atoms with van der Waals surface area (Å²) in [6, 6.07) is 18.0. The third-order valence-electron chi connectivity index (χ3n) is 4.50. The second-order valence-electron chi connectivity index (χ2n) is 5.81. The van der Waals surface area contributed by atoms with E-state index in [1.54, 1.807) is 0 Å². The molecule has 0 spiro atoms. The first-order valence-corrected chi connectivity index (χ1v) is 7.76. The van der Waals surface area contributed by atoms with Gasteiger partial charge >= 0.3 is 0 Å². The molecule has 1 aliphatic heterocycles. The average molecular weight is 276 g/mol. The van der Waals surface area contributed by atoms with Crippen LogP contribution in [0.2, 0.25) is 0 Å². The van der Waals surface area contributed by atoms with Gasteiger partial charge in [-0.3, -0.25) is 0 Å². The molecule has 1 atom stereocenters. The highest BCUT2D eigenvalue weighted by molar-refractivity contribution is 5.83. The largest absolute Gasteiger partial charge is 0.348 e. The maximum atomic E-state index is 3.67. The highest BCUT2D eigenvalue weighted by Crippen LogP contribution is 2.29. The van der Waals surface area contributed by atoms with Gasteiger partial charge in [-0.25, -0.2) is 0 Å². The Labute approximate surface area is 125 Å². The monoisotopic (exact) mass is 276 g/mol. The lowest BCUT2D eigenvalue weighted by molar-refractivity contribution is 0.467. The van der Waals surface area contributed by atoms with Crippen LogP contribution < -0.4 is 5.32 Å². The van der Waals surface area contributed by atoms with Crippen molar-refractivity contribution in [2.45, 2.75) is 25.9 Å². The Morgan fingerprint density at radius 3 is 2.81 bits per heavy atom. The van der Waals surface area contributed by atoms with Gasteiger partial charge in [0.05, 0.1) is 6.04 Å². The third kappa shape index (κ3) is 2.16. The van der Waals surface area contributed by atoms with E-state index in [9.17, 15) is 0 Å². The van der Waals surface area contributed by atoms with Crippen LogP contribution in [0.3, 0.4) is 0 Å². The molecule has 2 heteroatoms. The first-order chi connectivity index (χ1) is 10.3. The minimum absolute atomic E-state index is 0.309. The molecule has 2 aromatic carbocycles. The SMILES string of the molecule is CCc1cc2n(c1)CCNC2c1ccc2ccccc2c1. The normalized spacial score (nSPS) is 17.9. The van der Waals surface area contributed by atoms with E-state index in [4.69, 9.17) is 0 Å². The second-order valence-corrected chi connectivity index (χ2v) is 5.81. The zero-order valence-electron chi connectivity index (χ0n) is 12.3. The summed E-state index contributed by atoms with van der Waals surface area (Å²) in [6.07, 6.45) is 3.41. The molecule has 0 saturated heterocycles. The summed E-state index contributed by atoms with van der Waals surface area (Å²) in [5.74, 6) is 0. The molecule has 0 radical (unpaired) electrons. The quantitative estimate of drug-likeness (QED) is 0.751. The van der Waals surface area contributed by atoms with Gasteiger partial charge in [-0.15, -0.1) is 0 Å². The van der Waals surface area contributed by atoms with Crippen LogP contribution in [0.4, 0.5) is 0 Å². The van der Waals surface area contributed by atoms with Crippen molar-refractivity contribution >= 4 is 10.8 Å². The van der Waals surface area contributed by atoms with E-state index in [-0.39, 0.29) is 0 Å². The van der Waals surface area contributed by atoms with Crippen molar-refractivity contribution < 1.29 is 0 Å². The Morgan fingerprint density at radius 2 is 1.95 bits per heavy atom. The summed E-state index contributed by atoms with van der Waals surface area (Å²) < 4.78 is 2.41. The van der Waals surface area contributed by atoms with Crippen LogP contribution in [-0.4, -0.2) is 11.1 Å². The van der Waals surface area contributed by atoms with Crippen LogP contribution in [0.5, 0.6) is 0 Å². The molecule has 0 aliphatic carbocycles. The maximum Gasteiger partial charge on any atom is 0.0732 e. The lowest BCUT2D eigenvalue weighted by atomic mass is 9.98. The van der Waals surface area contributed by atoms with Crippen molar-refractivity contribution in [3.05, 3.63) is 71.5 Å². The number of nitrogens with one attached hydrogen (secondary N) is 1. The number of fused-ring (bicyclic) bond motifs is 2. The van der Waals surface area contributed by atoms with Gasteiger partial charge in [0.2, 0.25) is 0 Å². The summed E-state index contributed by atoms with van der Waals surface area (Å²) in [6.45, 7) is 4.32. The lowest BCUT2D eigenvalue weighted by Crippen LogP contribution is -2.33. The molecule has 0 saturated carbocycles. The van der Waals surface area contributed by atoms with Gasteiger partial charge in [0.15, 0.2) is 0 Å². The third-order valence-corrected chi connectivity index (χ3v) is 4.50. The summed E-state index contributed by atoms with van der Waals surface area (Å²) >= 11 is 0. The topological polar surface area (TPSA) is 17.0 Å². The minimum atomic E-state index is 0.309. The Bertz CT molecular complexity index is 785. The first-order valence-electron chi connectivity index (χ1n) is 7.76. The van der Waals surface area contributed by atoms with Gasteiger partial charge in [0.25, 0.3) is 0 Å². The summed E-state index contributed by atoms with van der Waals surface area (Å²) in [4.78, 5) is 0. The summed E-state index contributed by atoms with van der Waals surface area (Å²) in [7, 11) is 0. The van der Waals surface area contributed by atoms with Gasteiger partial charge in [0, 0.05) is 25.0 Å². The Kier molecular flexibility index (Phi) is 3.04. The zero-order valence-corrected chi connectivity index (χ0v) is 12.3. The predicted molar refractivity (Wildman–Crippen MR) is 87.6 cm³/mol. The lowest BCUT2D eigenvalue weighted by Gasteiger charge is -2.27. The standard InChI is InChI=1S/C19H20N2/c1-2-14-11-18-19(20-9-10-21(18)13-14)17-8-7-15-5-3-4-6-16(15)12-17/h3-8,11-13,19-20H,2,9-10H2,1H3. The fraction of sp³-hybridized carbons (Fsp3) is 0.263.